The Morgan fingerprint density at radius 1 is 1.47 bits per heavy atom. The summed E-state index contributed by atoms with van der Waals surface area (Å²) in [5, 5.41) is 13.8. The van der Waals surface area contributed by atoms with Crippen molar-refractivity contribution < 1.29 is 14.6 Å². The normalized spacial score (nSPS) is 37.2. The SMILES string of the molecule is CCNCC(C)(O)C1CCOC2(CCOC2)C1. The van der Waals surface area contributed by atoms with E-state index < -0.39 is 5.60 Å². The maximum absolute atomic E-state index is 10.6. The summed E-state index contributed by atoms with van der Waals surface area (Å²) >= 11 is 0. The molecule has 2 aliphatic heterocycles. The highest BCUT2D eigenvalue weighted by Crippen LogP contribution is 2.39. The first-order valence-corrected chi connectivity index (χ1v) is 6.73. The molecule has 0 aromatic carbocycles. The Morgan fingerprint density at radius 3 is 2.94 bits per heavy atom. The molecule has 0 saturated carbocycles. The van der Waals surface area contributed by atoms with E-state index >= 15 is 0 Å². The van der Waals surface area contributed by atoms with Gasteiger partial charge >= 0.3 is 0 Å². The van der Waals surface area contributed by atoms with Crippen LogP contribution in [-0.4, -0.2) is 49.2 Å². The molecule has 2 N–H and O–H groups in total. The van der Waals surface area contributed by atoms with Gasteiger partial charge in [-0.1, -0.05) is 6.92 Å². The minimum absolute atomic E-state index is 0.112. The number of aliphatic hydroxyl groups is 1. The molecule has 2 rings (SSSR count). The van der Waals surface area contributed by atoms with E-state index in [0.29, 0.717) is 19.1 Å². The Kier molecular flexibility index (Phi) is 4.08. The highest BCUT2D eigenvalue weighted by Gasteiger charge is 2.45. The fraction of sp³-hybridized carbons (Fsp3) is 1.00. The van der Waals surface area contributed by atoms with Crippen LogP contribution in [0.5, 0.6) is 0 Å². The molecule has 0 aromatic rings. The van der Waals surface area contributed by atoms with Crippen LogP contribution >= 0.6 is 0 Å². The van der Waals surface area contributed by atoms with Crippen LogP contribution in [0.15, 0.2) is 0 Å². The first-order valence-electron chi connectivity index (χ1n) is 6.73. The van der Waals surface area contributed by atoms with Gasteiger partial charge in [-0.3, -0.25) is 0 Å². The summed E-state index contributed by atoms with van der Waals surface area (Å²) in [5.41, 5.74) is -0.755. The molecule has 0 bridgehead atoms. The van der Waals surface area contributed by atoms with Gasteiger partial charge in [0, 0.05) is 26.2 Å². The molecule has 2 aliphatic rings. The highest BCUT2D eigenvalue weighted by molar-refractivity contribution is 4.96. The molecule has 0 radical (unpaired) electrons. The summed E-state index contributed by atoms with van der Waals surface area (Å²) in [7, 11) is 0. The minimum Gasteiger partial charge on any atom is -0.389 e. The number of ether oxygens (including phenoxy) is 2. The van der Waals surface area contributed by atoms with Crippen molar-refractivity contribution in [3.8, 4) is 0 Å². The molecule has 17 heavy (non-hydrogen) atoms. The third-order valence-electron chi connectivity index (χ3n) is 4.17. The molecule has 0 aromatic heterocycles. The number of hydrogen-bond donors (Lipinski definition) is 2. The van der Waals surface area contributed by atoms with Crippen molar-refractivity contribution in [1.29, 1.82) is 0 Å². The van der Waals surface area contributed by atoms with E-state index in [2.05, 4.69) is 12.2 Å². The topological polar surface area (TPSA) is 50.7 Å². The molecule has 3 atom stereocenters. The Balaban J connectivity index is 1.96. The van der Waals surface area contributed by atoms with Crippen molar-refractivity contribution in [2.24, 2.45) is 5.92 Å². The maximum Gasteiger partial charge on any atom is 0.0940 e. The lowest BCUT2D eigenvalue weighted by molar-refractivity contribution is -0.137. The fourth-order valence-electron chi connectivity index (χ4n) is 2.94. The second-order valence-electron chi connectivity index (χ2n) is 5.66. The van der Waals surface area contributed by atoms with Crippen LogP contribution in [0.2, 0.25) is 0 Å². The smallest absolute Gasteiger partial charge is 0.0940 e. The van der Waals surface area contributed by atoms with Gasteiger partial charge in [0.1, 0.15) is 0 Å². The quantitative estimate of drug-likeness (QED) is 0.771. The van der Waals surface area contributed by atoms with E-state index in [1.807, 2.05) is 6.92 Å². The predicted octanol–water partition coefficient (Wildman–Crippen LogP) is 0.933. The minimum atomic E-state index is -0.643. The molecule has 2 saturated heterocycles. The predicted molar refractivity (Wildman–Crippen MR) is 66.0 cm³/mol. The molecular formula is C13H25NO3. The third-order valence-corrected chi connectivity index (χ3v) is 4.17. The summed E-state index contributed by atoms with van der Waals surface area (Å²) in [5.74, 6) is 0.303. The van der Waals surface area contributed by atoms with Gasteiger partial charge in [-0.05, 0) is 32.2 Å². The standard InChI is InChI=1S/C13H25NO3/c1-3-14-9-12(2,15)11-4-6-17-13(8-11)5-7-16-10-13/h11,14-15H,3-10H2,1-2H3. The molecule has 4 heteroatoms. The van der Waals surface area contributed by atoms with Gasteiger partial charge in [-0.2, -0.15) is 0 Å². The summed E-state index contributed by atoms with van der Waals surface area (Å²) in [6.45, 7) is 7.79. The monoisotopic (exact) mass is 243 g/mol. The Morgan fingerprint density at radius 2 is 2.29 bits per heavy atom. The van der Waals surface area contributed by atoms with Gasteiger partial charge in [-0.25, -0.2) is 0 Å². The van der Waals surface area contributed by atoms with Gasteiger partial charge < -0.3 is 19.9 Å². The molecule has 0 amide bonds. The average molecular weight is 243 g/mol. The second kappa shape index (κ2) is 5.22. The van der Waals surface area contributed by atoms with Crippen LogP contribution in [0.1, 0.15) is 33.1 Å². The second-order valence-corrected chi connectivity index (χ2v) is 5.66. The molecule has 4 nitrogen and oxygen atoms in total. The van der Waals surface area contributed by atoms with Crippen LogP contribution in [0.4, 0.5) is 0 Å². The highest BCUT2D eigenvalue weighted by atomic mass is 16.6. The van der Waals surface area contributed by atoms with E-state index in [4.69, 9.17) is 9.47 Å². The first-order chi connectivity index (χ1) is 8.08. The van der Waals surface area contributed by atoms with Crippen LogP contribution in [0.3, 0.4) is 0 Å². The number of likely N-dealkylation sites (N-methyl/N-ethyl adjacent to an activating group) is 1. The third kappa shape index (κ3) is 2.99. The molecular weight excluding hydrogens is 218 g/mol. The van der Waals surface area contributed by atoms with Crippen LogP contribution in [0, 0.1) is 5.92 Å². The lowest BCUT2D eigenvalue weighted by Crippen LogP contribution is -2.51. The molecule has 0 aliphatic carbocycles. The maximum atomic E-state index is 10.6. The zero-order valence-electron chi connectivity index (χ0n) is 11.0. The van der Waals surface area contributed by atoms with Crippen molar-refractivity contribution in [2.45, 2.75) is 44.3 Å². The molecule has 2 heterocycles. The largest absolute Gasteiger partial charge is 0.389 e. The fourth-order valence-corrected chi connectivity index (χ4v) is 2.94. The first kappa shape index (κ1) is 13.3. The Hall–Kier alpha value is -0.160. The van der Waals surface area contributed by atoms with Gasteiger partial charge in [0.2, 0.25) is 0 Å². The molecule has 2 fully saturated rings. The Labute approximate surface area is 104 Å². The van der Waals surface area contributed by atoms with Crippen molar-refractivity contribution in [3.63, 3.8) is 0 Å². The lowest BCUT2D eigenvalue weighted by atomic mass is 9.76. The van der Waals surface area contributed by atoms with E-state index in [0.717, 1.165) is 39.0 Å². The van der Waals surface area contributed by atoms with Crippen LogP contribution in [-0.2, 0) is 9.47 Å². The summed E-state index contributed by atoms with van der Waals surface area (Å²) in [4.78, 5) is 0. The van der Waals surface area contributed by atoms with Crippen LogP contribution < -0.4 is 5.32 Å². The zero-order valence-corrected chi connectivity index (χ0v) is 11.0. The number of rotatable bonds is 4. The molecule has 1 spiro atoms. The molecule has 3 unspecified atom stereocenters. The van der Waals surface area contributed by atoms with Gasteiger partial charge in [0.25, 0.3) is 0 Å². The van der Waals surface area contributed by atoms with Gasteiger partial charge in [-0.15, -0.1) is 0 Å². The van der Waals surface area contributed by atoms with Crippen molar-refractivity contribution in [2.75, 3.05) is 32.9 Å². The summed E-state index contributed by atoms with van der Waals surface area (Å²) < 4.78 is 11.4. The average Bonchev–Trinajstić information content (AvgIpc) is 2.75. The van der Waals surface area contributed by atoms with Crippen LogP contribution in [0.25, 0.3) is 0 Å². The number of hydrogen-bond acceptors (Lipinski definition) is 4. The zero-order chi connectivity index (χ0) is 12.4. The summed E-state index contributed by atoms with van der Waals surface area (Å²) in [6, 6.07) is 0. The van der Waals surface area contributed by atoms with E-state index in [-0.39, 0.29) is 5.60 Å². The van der Waals surface area contributed by atoms with Crippen molar-refractivity contribution in [3.05, 3.63) is 0 Å². The lowest BCUT2D eigenvalue weighted by Gasteiger charge is -2.43. The van der Waals surface area contributed by atoms with Crippen molar-refractivity contribution >= 4 is 0 Å². The van der Waals surface area contributed by atoms with Gasteiger partial charge in [0.05, 0.1) is 17.8 Å². The van der Waals surface area contributed by atoms with Crippen molar-refractivity contribution in [1.82, 2.24) is 5.32 Å². The Bertz CT molecular complexity index is 249. The van der Waals surface area contributed by atoms with E-state index in [1.165, 1.54) is 0 Å². The number of nitrogens with one attached hydrogen (secondary N) is 1. The van der Waals surface area contributed by atoms with Gasteiger partial charge in [0.15, 0.2) is 0 Å². The summed E-state index contributed by atoms with van der Waals surface area (Å²) in [6.07, 6.45) is 2.84. The van der Waals surface area contributed by atoms with E-state index in [9.17, 15) is 5.11 Å². The van der Waals surface area contributed by atoms with E-state index in [1.54, 1.807) is 0 Å². The molecule has 100 valence electrons.